The number of ether oxygens (including phenoxy) is 2. The highest BCUT2D eigenvalue weighted by atomic mass is 31.3. The predicted octanol–water partition coefficient (Wildman–Crippen LogP) is -2.34. The Morgan fingerprint density at radius 2 is 1.30 bits per heavy atom. The Balaban J connectivity index is 1.01. The molecule has 2 fully saturated rings. The number of aliphatic hydroxyl groups is 4. The number of aliphatic hydroxyl groups excluding tert-OH is 4. The summed E-state index contributed by atoms with van der Waals surface area (Å²) in [5.74, 6) is -2.05. The minimum atomic E-state index is -5.70. The van der Waals surface area contributed by atoms with Crippen molar-refractivity contribution in [3.63, 3.8) is 0 Å². The zero-order valence-electron chi connectivity index (χ0n) is 26.9. The minimum absolute atomic E-state index is 0.00308. The molecule has 0 amide bonds. The Morgan fingerprint density at radius 1 is 0.778 bits per heavy atom. The van der Waals surface area contributed by atoms with Crippen molar-refractivity contribution in [3.05, 3.63) is 31.3 Å². The standard InChI is InChI=1S/C22H32N10O18P4/c1-8-11-19(30-22(24)29-8)32(5-27-11)21-16(36)14(34)10(48-21)3-46-54(43,44)50-52(39,40)7-51(37,38)49-53(41,42)45-2-9-13(33)15(35)20(47-9)31-6-28-12-17(23)25-4-26-18(12)31/h4-6,9-10,13-16,20-21,33-36H,1-3,7H2,(H,37,38)(H,39,40)(H,41,42)(H,43,44)(H2,23,25,26)(H3,24,29,30)/t9-,10-,13?,14?,15?,16+,20-,21-/m1/s1. The van der Waals surface area contributed by atoms with Crippen LogP contribution in [0.1, 0.15) is 18.1 Å². The fourth-order valence-corrected chi connectivity index (χ4v) is 12.2. The number of nitrogen functional groups attached to an aromatic ring is 1. The van der Waals surface area contributed by atoms with Gasteiger partial charge in [-0.25, -0.2) is 37.7 Å². The Bertz CT molecular complexity index is 2170. The summed E-state index contributed by atoms with van der Waals surface area (Å²) in [5, 5.41) is 44.7. The molecule has 6 heterocycles. The van der Waals surface area contributed by atoms with Crippen molar-refractivity contribution >= 4 is 65.3 Å². The molecule has 0 saturated carbocycles. The molecule has 3 aromatic rings. The number of nitrogens with two attached hydrogens (primary N) is 2. The molecule has 32 heteroatoms. The highest BCUT2D eigenvalue weighted by Gasteiger charge is 2.49. The number of aromatic nitrogens is 6. The molecule has 6 rings (SSSR count). The van der Waals surface area contributed by atoms with Crippen LogP contribution >= 0.6 is 30.8 Å². The van der Waals surface area contributed by atoms with Gasteiger partial charge in [-0.2, -0.15) is 4.99 Å². The van der Waals surface area contributed by atoms with Crippen molar-refractivity contribution in [1.82, 2.24) is 34.4 Å². The number of nitrogens with zero attached hydrogens (tertiary/aromatic N) is 7. The first-order valence-electron chi connectivity index (χ1n) is 14.9. The van der Waals surface area contributed by atoms with Crippen LogP contribution in [0.4, 0.5) is 11.6 Å². The third kappa shape index (κ3) is 8.51. The molecule has 2 saturated heterocycles. The maximum atomic E-state index is 12.6. The van der Waals surface area contributed by atoms with Gasteiger partial charge >= 0.3 is 30.8 Å². The molecule has 298 valence electrons. The average Bonchev–Trinajstić information content (AvgIpc) is 3.79. The number of fused-ring (bicyclic) bond motifs is 2. The second-order valence-corrected chi connectivity index (χ2v) is 19.1. The van der Waals surface area contributed by atoms with Gasteiger partial charge in [0, 0.05) is 0 Å². The predicted molar refractivity (Wildman–Crippen MR) is 176 cm³/mol. The van der Waals surface area contributed by atoms with Gasteiger partial charge in [-0.15, -0.1) is 0 Å². The van der Waals surface area contributed by atoms with Gasteiger partial charge in [-0.1, -0.05) is 6.58 Å². The van der Waals surface area contributed by atoms with Gasteiger partial charge in [0.15, 0.2) is 41.6 Å². The molecule has 3 aliphatic heterocycles. The lowest BCUT2D eigenvalue weighted by molar-refractivity contribution is -0.0510. The van der Waals surface area contributed by atoms with Crippen LogP contribution in [0.15, 0.2) is 30.6 Å². The molecule has 0 radical (unpaired) electrons. The van der Waals surface area contributed by atoms with E-state index in [1.165, 1.54) is 15.5 Å². The van der Waals surface area contributed by atoms with Crippen molar-refractivity contribution in [3.8, 4) is 0 Å². The van der Waals surface area contributed by atoms with Crippen LogP contribution in [0.5, 0.6) is 0 Å². The van der Waals surface area contributed by atoms with Gasteiger partial charge in [0.05, 0.1) is 31.6 Å². The van der Waals surface area contributed by atoms with Crippen LogP contribution in [0.3, 0.4) is 0 Å². The number of imidazole rings is 2. The van der Waals surface area contributed by atoms with Crippen molar-refractivity contribution in [2.75, 3.05) is 24.9 Å². The Morgan fingerprint density at radius 3 is 1.85 bits per heavy atom. The average molecular weight is 848 g/mol. The van der Waals surface area contributed by atoms with Gasteiger partial charge in [0.1, 0.15) is 54.2 Å². The normalized spacial score (nSPS) is 31.6. The van der Waals surface area contributed by atoms with E-state index in [1.54, 1.807) is 0 Å². The van der Waals surface area contributed by atoms with E-state index >= 15 is 0 Å². The van der Waals surface area contributed by atoms with Gasteiger partial charge in [0.2, 0.25) is 0 Å². The number of anilines is 1. The summed E-state index contributed by atoms with van der Waals surface area (Å²) in [5.41, 5.74) is 12.2. The van der Waals surface area contributed by atoms with Gasteiger partial charge in [-0.05, 0) is 0 Å². The highest BCUT2D eigenvalue weighted by Crippen LogP contribution is 2.70. The topological polar surface area (TPSA) is 423 Å². The quantitative estimate of drug-likeness (QED) is 0.0757. The molecular formula is C22H32N10O18P4. The van der Waals surface area contributed by atoms with Crippen molar-refractivity contribution < 1.29 is 85.4 Å². The molecule has 0 bridgehead atoms. The van der Waals surface area contributed by atoms with Crippen LogP contribution in [-0.4, -0.2) is 131 Å². The first-order chi connectivity index (χ1) is 25.1. The van der Waals surface area contributed by atoms with E-state index in [0.29, 0.717) is 0 Å². The lowest BCUT2D eigenvalue weighted by Gasteiger charge is -2.22. The molecule has 54 heavy (non-hydrogen) atoms. The Labute approximate surface area is 300 Å². The molecule has 3 aliphatic rings. The number of rotatable bonds is 14. The van der Waals surface area contributed by atoms with Gasteiger partial charge in [-0.3, -0.25) is 27.3 Å². The molecule has 3 aromatic heterocycles. The summed E-state index contributed by atoms with van der Waals surface area (Å²) >= 11 is 0. The smallest absolute Gasteiger partial charge is 0.387 e. The third-order valence-corrected chi connectivity index (χ3v) is 15.3. The first-order valence-corrected chi connectivity index (χ1v) is 21.4. The maximum Gasteiger partial charge on any atom is 0.479 e. The lowest BCUT2D eigenvalue weighted by atomic mass is 10.1. The van der Waals surface area contributed by atoms with E-state index in [0.717, 1.165) is 12.7 Å². The molecule has 0 aliphatic carbocycles. The van der Waals surface area contributed by atoms with Gasteiger partial charge < -0.3 is 66.3 Å². The number of nitrogens with one attached hydrogen (secondary N) is 1. The van der Waals surface area contributed by atoms with Crippen molar-refractivity contribution in [2.24, 2.45) is 10.7 Å². The summed E-state index contributed by atoms with van der Waals surface area (Å²) in [7, 11) is -22.7. The molecule has 0 spiro atoms. The number of phosphoric acid groups is 2. The van der Waals surface area contributed by atoms with Crippen LogP contribution in [0.25, 0.3) is 16.9 Å². The number of guanidine groups is 1. The lowest BCUT2D eigenvalue weighted by Crippen LogP contribution is -2.34. The fourth-order valence-electron chi connectivity index (χ4n) is 5.45. The largest absolute Gasteiger partial charge is 0.479 e. The van der Waals surface area contributed by atoms with Crippen molar-refractivity contribution in [1.29, 1.82) is 0 Å². The zero-order valence-corrected chi connectivity index (χ0v) is 30.5. The highest BCUT2D eigenvalue weighted by molar-refractivity contribution is 7.76. The van der Waals surface area contributed by atoms with E-state index in [9.17, 15) is 58.3 Å². The minimum Gasteiger partial charge on any atom is -0.387 e. The van der Waals surface area contributed by atoms with E-state index in [1.807, 2.05) is 0 Å². The second-order valence-electron chi connectivity index (χ2n) is 11.7. The second kappa shape index (κ2) is 14.8. The number of aliphatic imine (C=N–C) groups is 1. The van der Waals surface area contributed by atoms with E-state index in [-0.39, 0.29) is 40.2 Å². The number of hydrogen-bond donors (Lipinski definition) is 11. The summed E-state index contributed by atoms with van der Waals surface area (Å²) in [6.45, 7) is 1.61. The number of hydrogen-bond acceptors (Lipinski definition) is 22. The Kier molecular flexibility index (Phi) is 11.1. The third-order valence-electron chi connectivity index (χ3n) is 7.79. The first kappa shape index (κ1) is 40.6. The molecule has 28 nitrogen and oxygen atoms in total. The van der Waals surface area contributed by atoms with Gasteiger partial charge in [0.25, 0.3) is 0 Å². The zero-order chi connectivity index (χ0) is 39.5. The van der Waals surface area contributed by atoms with Crippen LogP contribution in [0.2, 0.25) is 0 Å². The van der Waals surface area contributed by atoms with Crippen LogP contribution in [-0.2, 0) is 45.4 Å². The van der Waals surface area contributed by atoms with E-state index in [2.05, 4.69) is 54.5 Å². The summed E-state index contributed by atoms with van der Waals surface area (Å²) in [4.78, 5) is 60.2. The van der Waals surface area contributed by atoms with E-state index in [4.69, 9.17) is 20.9 Å². The van der Waals surface area contributed by atoms with E-state index < -0.39 is 99.0 Å². The maximum absolute atomic E-state index is 12.6. The molecule has 0 aromatic carbocycles. The Hall–Kier alpha value is -3.07. The summed E-state index contributed by atoms with van der Waals surface area (Å²) in [6.07, 6.45) is -9.42. The monoisotopic (exact) mass is 848 g/mol. The molecule has 12 atom stereocenters. The SMILES string of the molecule is C=C1NC(N)=Nc2c1ncn2[C@@H]1O[C@H](COP(=O)(O)OP(=O)(O)CP(=O)(O)OP(=O)(O)OC[C@H]2O[C@@H](n3cnc4c(N)ncnc43)C(O)C2O)C(O)[C@@H]1O. The molecule has 7 unspecified atom stereocenters. The number of phosphoric ester groups is 2. The van der Waals surface area contributed by atoms with Crippen LogP contribution < -0.4 is 16.8 Å². The molecular weight excluding hydrogens is 816 g/mol. The fraction of sp³-hybridized carbons (Fsp3) is 0.500. The van der Waals surface area contributed by atoms with Crippen molar-refractivity contribution in [2.45, 2.75) is 49.1 Å². The summed E-state index contributed by atoms with van der Waals surface area (Å²) < 4.78 is 81.1. The molecule has 13 N–H and O–H groups in total. The summed E-state index contributed by atoms with van der Waals surface area (Å²) in [6, 6.07) is 0. The van der Waals surface area contributed by atoms with Crippen LogP contribution in [0, 0.1) is 0 Å².